The van der Waals surface area contributed by atoms with E-state index in [0.717, 1.165) is 19.4 Å². The van der Waals surface area contributed by atoms with Gasteiger partial charge in [0.1, 0.15) is 0 Å². The van der Waals surface area contributed by atoms with E-state index in [1.165, 1.54) is 0 Å². The number of amides is 3. The number of piperazine rings is 1. The van der Waals surface area contributed by atoms with E-state index in [2.05, 4.69) is 10.6 Å². The maximum atomic E-state index is 12.4. The molecule has 2 heterocycles. The molecule has 7 nitrogen and oxygen atoms in total. The molecule has 0 radical (unpaired) electrons. The Morgan fingerprint density at radius 1 is 1.28 bits per heavy atom. The fourth-order valence-corrected chi connectivity index (χ4v) is 3.27. The minimum atomic E-state index is -0.0957. The standard InChI is InChI=1S/C17H30N4O3.ClH/c1-17(2,3)9-14(22)19-11-15(23)20-7-4-5-13(12-20)21-8-6-18-10-16(21)24;/h13,18H,4-12H2,1-3H3,(H,19,22);1H. The molecule has 0 aromatic heterocycles. The Balaban J connectivity index is 0.00000312. The average molecular weight is 375 g/mol. The first-order valence-corrected chi connectivity index (χ1v) is 8.81. The topological polar surface area (TPSA) is 81.8 Å². The summed E-state index contributed by atoms with van der Waals surface area (Å²) in [7, 11) is 0. The highest BCUT2D eigenvalue weighted by molar-refractivity contribution is 5.85. The largest absolute Gasteiger partial charge is 0.347 e. The highest BCUT2D eigenvalue weighted by Crippen LogP contribution is 2.18. The maximum absolute atomic E-state index is 12.4. The van der Waals surface area contributed by atoms with Crippen LogP contribution in [0.4, 0.5) is 0 Å². The van der Waals surface area contributed by atoms with Gasteiger partial charge in [-0.1, -0.05) is 20.8 Å². The van der Waals surface area contributed by atoms with Gasteiger partial charge in [-0.05, 0) is 18.3 Å². The lowest BCUT2D eigenvalue weighted by Crippen LogP contribution is -2.58. The first-order valence-electron chi connectivity index (χ1n) is 8.81. The van der Waals surface area contributed by atoms with Gasteiger partial charge in [0, 0.05) is 38.6 Å². The van der Waals surface area contributed by atoms with Gasteiger partial charge in [-0.15, -0.1) is 12.4 Å². The number of nitrogens with zero attached hydrogens (tertiary/aromatic N) is 2. The first-order chi connectivity index (χ1) is 11.3. The lowest BCUT2D eigenvalue weighted by molar-refractivity contribution is -0.140. The Labute approximate surface area is 156 Å². The summed E-state index contributed by atoms with van der Waals surface area (Å²) >= 11 is 0. The van der Waals surface area contributed by atoms with Crippen molar-refractivity contribution in [1.82, 2.24) is 20.4 Å². The number of piperidine rings is 1. The molecule has 2 aliphatic heterocycles. The third-order valence-electron chi connectivity index (χ3n) is 4.44. The van der Waals surface area contributed by atoms with Crippen molar-refractivity contribution in [3.05, 3.63) is 0 Å². The van der Waals surface area contributed by atoms with Crippen LogP contribution >= 0.6 is 12.4 Å². The molecule has 2 saturated heterocycles. The van der Waals surface area contributed by atoms with Crippen LogP contribution in [-0.4, -0.2) is 72.8 Å². The SMILES string of the molecule is CC(C)(C)CC(=O)NCC(=O)N1CCCC(N2CCNCC2=O)C1.Cl. The van der Waals surface area contributed by atoms with Gasteiger partial charge < -0.3 is 20.4 Å². The van der Waals surface area contributed by atoms with E-state index >= 15 is 0 Å². The zero-order valence-corrected chi connectivity index (χ0v) is 16.3. The van der Waals surface area contributed by atoms with Gasteiger partial charge in [0.05, 0.1) is 13.1 Å². The molecular weight excluding hydrogens is 344 g/mol. The summed E-state index contributed by atoms with van der Waals surface area (Å²) < 4.78 is 0. The zero-order valence-electron chi connectivity index (χ0n) is 15.5. The fraction of sp³-hybridized carbons (Fsp3) is 0.824. The van der Waals surface area contributed by atoms with E-state index in [9.17, 15) is 14.4 Å². The highest BCUT2D eigenvalue weighted by Gasteiger charge is 2.31. The van der Waals surface area contributed by atoms with Crippen molar-refractivity contribution in [2.24, 2.45) is 5.41 Å². The molecule has 25 heavy (non-hydrogen) atoms. The van der Waals surface area contributed by atoms with Crippen LogP contribution in [0.5, 0.6) is 0 Å². The van der Waals surface area contributed by atoms with Crippen LogP contribution in [0.15, 0.2) is 0 Å². The molecule has 144 valence electrons. The Hall–Kier alpha value is -1.34. The molecule has 0 spiro atoms. The fourth-order valence-electron chi connectivity index (χ4n) is 3.27. The third kappa shape index (κ3) is 6.82. The normalized spacial score (nSPS) is 21.6. The molecular formula is C17H31ClN4O3. The summed E-state index contributed by atoms with van der Waals surface area (Å²) in [5.74, 6) is -0.0507. The van der Waals surface area contributed by atoms with Crippen molar-refractivity contribution >= 4 is 30.1 Å². The van der Waals surface area contributed by atoms with Gasteiger partial charge in [-0.2, -0.15) is 0 Å². The average Bonchev–Trinajstić information content (AvgIpc) is 2.51. The third-order valence-corrected chi connectivity index (χ3v) is 4.44. The second kappa shape index (κ2) is 9.38. The predicted molar refractivity (Wildman–Crippen MR) is 98.5 cm³/mol. The van der Waals surface area contributed by atoms with Gasteiger partial charge in [0.25, 0.3) is 0 Å². The molecule has 3 amide bonds. The van der Waals surface area contributed by atoms with Crippen molar-refractivity contribution in [2.45, 2.75) is 46.1 Å². The molecule has 2 aliphatic rings. The number of carbonyl (C=O) groups excluding carboxylic acids is 3. The van der Waals surface area contributed by atoms with Crippen LogP contribution in [0, 0.1) is 5.41 Å². The quantitative estimate of drug-likeness (QED) is 0.745. The van der Waals surface area contributed by atoms with E-state index in [0.29, 0.717) is 32.6 Å². The molecule has 1 unspecified atom stereocenters. The second-order valence-corrected chi connectivity index (χ2v) is 7.91. The Kier molecular flexibility index (Phi) is 8.15. The molecule has 0 bridgehead atoms. The molecule has 0 aromatic rings. The molecule has 1 atom stereocenters. The van der Waals surface area contributed by atoms with Gasteiger partial charge in [0.15, 0.2) is 0 Å². The molecule has 2 fully saturated rings. The van der Waals surface area contributed by atoms with Gasteiger partial charge >= 0.3 is 0 Å². The van der Waals surface area contributed by atoms with E-state index in [1.54, 1.807) is 4.90 Å². The van der Waals surface area contributed by atoms with Crippen LogP contribution in [0.25, 0.3) is 0 Å². The zero-order chi connectivity index (χ0) is 17.7. The van der Waals surface area contributed by atoms with Crippen LogP contribution in [0.3, 0.4) is 0 Å². The van der Waals surface area contributed by atoms with Crippen molar-refractivity contribution in [2.75, 3.05) is 39.3 Å². The van der Waals surface area contributed by atoms with Crippen molar-refractivity contribution < 1.29 is 14.4 Å². The Morgan fingerprint density at radius 2 is 2.00 bits per heavy atom. The van der Waals surface area contributed by atoms with Crippen LogP contribution in [0.2, 0.25) is 0 Å². The second-order valence-electron chi connectivity index (χ2n) is 7.91. The molecule has 0 aromatic carbocycles. The smallest absolute Gasteiger partial charge is 0.242 e. The van der Waals surface area contributed by atoms with E-state index < -0.39 is 0 Å². The Morgan fingerprint density at radius 3 is 2.64 bits per heavy atom. The number of halogens is 1. The number of carbonyl (C=O) groups is 3. The summed E-state index contributed by atoms with van der Waals surface area (Å²) in [6.07, 6.45) is 2.23. The summed E-state index contributed by atoms with van der Waals surface area (Å²) in [5.41, 5.74) is -0.0913. The number of nitrogens with one attached hydrogen (secondary N) is 2. The van der Waals surface area contributed by atoms with E-state index in [4.69, 9.17) is 0 Å². The minimum Gasteiger partial charge on any atom is -0.347 e. The van der Waals surface area contributed by atoms with Crippen molar-refractivity contribution in [3.8, 4) is 0 Å². The Bertz CT molecular complexity index is 493. The van der Waals surface area contributed by atoms with Gasteiger partial charge in [-0.25, -0.2) is 0 Å². The monoisotopic (exact) mass is 374 g/mol. The lowest BCUT2D eigenvalue weighted by atomic mass is 9.92. The van der Waals surface area contributed by atoms with Gasteiger partial charge in [-0.3, -0.25) is 14.4 Å². The van der Waals surface area contributed by atoms with Crippen LogP contribution in [0.1, 0.15) is 40.0 Å². The summed E-state index contributed by atoms with van der Waals surface area (Å²) in [4.78, 5) is 39.9. The lowest BCUT2D eigenvalue weighted by Gasteiger charge is -2.41. The molecule has 8 heteroatoms. The molecule has 0 aliphatic carbocycles. The summed E-state index contributed by atoms with van der Waals surface area (Å²) in [6.45, 7) is 9.18. The number of rotatable bonds is 4. The van der Waals surface area contributed by atoms with Crippen molar-refractivity contribution in [3.63, 3.8) is 0 Å². The van der Waals surface area contributed by atoms with Gasteiger partial charge in [0.2, 0.25) is 17.7 Å². The summed E-state index contributed by atoms with van der Waals surface area (Å²) in [6, 6.07) is 0.0996. The minimum absolute atomic E-state index is 0. The van der Waals surface area contributed by atoms with E-state index in [-0.39, 0.29) is 48.1 Å². The van der Waals surface area contributed by atoms with Crippen LogP contribution < -0.4 is 10.6 Å². The molecule has 0 saturated carbocycles. The van der Waals surface area contributed by atoms with Crippen molar-refractivity contribution in [1.29, 1.82) is 0 Å². The van der Waals surface area contributed by atoms with Crippen LogP contribution in [-0.2, 0) is 14.4 Å². The predicted octanol–water partition coefficient (Wildman–Crippen LogP) is 0.383. The number of hydrogen-bond donors (Lipinski definition) is 2. The molecule has 2 rings (SSSR count). The first kappa shape index (κ1) is 21.7. The highest BCUT2D eigenvalue weighted by atomic mass is 35.5. The number of likely N-dealkylation sites (tertiary alicyclic amines) is 1. The number of hydrogen-bond acceptors (Lipinski definition) is 4. The summed E-state index contributed by atoms with van der Waals surface area (Å²) in [5, 5.41) is 5.79. The van der Waals surface area contributed by atoms with E-state index in [1.807, 2.05) is 25.7 Å². The maximum Gasteiger partial charge on any atom is 0.242 e. The molecule has 2 N–H and O–H groups in total.